The molecule has 3 nitrogen and oxygen atoms in total. The van der Waals surface area contributed by atoms with E-state index in [1.165, 1.54) is 11.1 Å². The zero-order chi connectivity index (χ0) is 13.9. The summed E-state index contributed by atoms with van der Waals surface area (Å²) >= 11 is 6.05. The monoisotopic (exact) mass is 285 g/mol. The van der Waals surface area contributed by atoms with Crippen molar-refractivity contribution in [3.63, 3.8) is 0 Å². The van der Waals surface area contributed by atoms with Crippen LogP contribution in [0.5, 0.6) is 0 Å². The van der Waals surface area contributed by atoms with Crippen LogP contribution in [0.4, 0.5) is 0 Å². The average Bonchev–Trinajstić information content (AvgIpc) is 2.89. The van der Waals surface area contributed by atoms with E-state index in [9.17, 15) is 0 Å². The number of likely N-dealkylation sites (N-methyl/N-ethyl adjacent to an activating group) is 1. The number of nitrogens with zero attached hydrogens (tertiary/aromatic N) is 2. The largest absolute Gasteiger partial charge is 0.313 e. The van der Waals surface area contributed by atoms with E-state index < -0.39 is 0 Å². The lowest BCUT2D eigenvalue weighted by Crippen LogP contribution is -2.18. The summed E-state index contributed by atoms with van der Waals surface area (Å²) in [5.41, 5.74) is 3.55. The number of aromatic nitrogens is 2. The van der Waals surface area contributed by atoms with Crippen molar-refractivity contribution in [2.45, 2.75) is 12.5 Å². The molecule has 0 saturated heterocycles. The Morgan fingerprint density at radius 2 is 2.15 bits per heavy atom. The second kappa shape index (κ2) is 5.65. The van der Waals surface area contributed by atoms with Gasteiger partial charge in [-0.25, -0.2) is 4.52 Å². The first kappa shape index (κ1) is 13.2. The predicted octanol–water partition coefficient (Wildman–Crippen LogP) is 3.49. The number of benzene rings is 1. The van der Waals surface area contributed by atoms with E-state index in [0.29, 0.717) is 0 Å². The maximum Gasteiger partial charge on any atom is 0.0709 e. The molecule has 2 heterocycles. The topological polar surface area (TPSA) is 29.3 Å². The molecular weight excluding hydrogens is 270 g/mol. The molecule has 20 heavy (non-hydrogen) atoms. The lowest BCUT2D eigenvalue weighted by molar-refractivity contribution is 0.596. The van der Waals surface area contributed by atoms with E-state index >= 15 is 0 Å². The minimum absolute atomic E-state index is 0.216. The summed E-state index contributed by atoms with van der Waals surface area (Å²) in [5.74, 6) is 0. The number of hydrogen-bond acceptors (Lipinski definition) is 2. The molecule has 0 radical (unpaired) electrons. The van der Waals surface area contributed by atoms with Crippen LogP contribution in [0, 0.1) is 0 Å². The molecule has 1 aromatic carbocycles. The number of nitrogens with one attached hydrogen (secondary N) is 1. The first-order valence-corrected chi connectivity index (χ1v) is 6.99. The maximum atomic E-state index is 6.05. The average molecular weight is 286 g/mol. The van der Waals surface area contributed by atoms with Gasteiger partial charge in [0.2, 0.25) is 0 Å². The third-order valence-electron chi connectivity index (χ3n) is 3.51. The predicted molar refractivity (Wildman–Crippen MR) is 82.1 cm³/mol. The maximum absolute atomic E-state index is 6.05. The molecule has 0 amide bonds. The normalized spacial score (nSPS) is 12.7. The van der Waals surface area contributed by atoms with Crippen LogP contribution in [0.25, 0.3) is 5.52 Å². The first-order chi connectivity index (χ1) is 9.78. The van der Waals surface area contributed by atoms with Crippen molar-refractivity contribution in [2.24, 2.45) is 0 Å². The van der Waals surface area contributed by atoms with Gasteiger partial charge in [-0.15, -0.1) is 0 Å². The minimum Gasteiger partial charge on any atom is -0.313 e. The fourth-order valence-electron chi connectivity index (χ4n) is 2.49. The minimum atomic E-state index is 0.216. The number of hydrogen-bond donors (Lipinski definition) is 1. The molecule has 3 aromatic rings. The van der Waals surface area contributed by atoms with Gasteiger partial charge in [-0.05, 0) is 43.3 Å². The van der Waals surface area contributed by atoms with Crippen molar-refractivity contribution >= 4 is 17.1 Å². The Bertz CT molecular complexity index is 720. The molecule has 4 heteroatoms. The highest BCUT2D eigenvalue weighted by molar-refractivity contribution is 6.30. The quantitative estimate of drug-likeness (QED) is 0.795. The van der Waals surface area contributed by atoms with Crippen LogP contribution in [0.2, 0.25) is 5.02 Å². The lowest BCUT2D eigenvalue weighted by Gasteiger charge is -2.15. The van der Waals surface area contributed by atoms with Gasteiger partial charge in [-0.3, -0.25) is 0 Å². The molecule has 102 valence electrons. The molecule has 0 spiro atoms. The van der Waals surface area contributed by atoms with E-state index in [2.05, 4.69) is 22.5 Å². The molecular formula is C16H16ClN3. The summed E-state index contributed by atoms with van der Waals surface area (Å²) in [6.45, 7) is 0. The highest BCUT2D eigenvalue weighted by Crippen LogP contribution is 2.23. The van der Waals surface area contributed by atoms with Gasteiger partial charge >= 0.3 is 0 Å². The van der Waals surface area contributed by atoms with Gasteiger partial charge in [0.1, 0.15) is 0 Å². The third kappa shape index (κ3) is 2.55. The standard InChI is InChI=1S/C16H16ClN3/c1-18-15(10-12-5-4-6-13(17)9-12)14-11-19-20-8-3-2-7-16(14)20/h2-9,11,15,18H,10H2,1H3. The van der Waals surface area contributed by atoms with Gasteiger partial charge in [0.05, 0.1) is 11.7 Å². The Morgan fingerprint density at radius 1 is 1.25 bits per heavy atom. The number of halogens is 1. The van der Waals surface area contributed by atoms with E-state index in [4.69, 9.17) is 11.6 Å². The van der Waals surface area contributed by atoms with E-state index in [1.54, 1.807) is 0 Å². The van der Waals surface area contributed by atoms with Gasteiger partial charge in [-0.1, -0.05) is 29.8 Å². The summed E-state index contributed by atoms with van der Waals surface area (Å²) < 4.78 is 1.90. The highest BCUT2D eigenvalue weighted by atomic mass is 35.5. The molecule has 1 unspecified atom stereocenters. The summed E-state index contributed by atoms with van der Waals surface area (Å²) in [7, 11) is 1.97. The molecule has 0 fully saturated rings. The van der Waals surface area contributed by atoms with Gasteiger partial charge in [0.25, 0.3) is 0 Å². The lowest BCUT2D eigenvalue weighted by atomic mass is 10.00. The van der Waals surface area contributed by atoms with Crippen LogP contribution in [-0.4, -0.2) is 16.7 Å². The number of pyridine rings is 1. The van der Waals surface area contributed by atoms with Crippen molar-refractivity contribution < 1.29 is 0 Å². The molecule has 0 bridgehead atoms. The van der Waals surface area contributed by atoms with E-state index in [-0.39, 0.29) is 6.04 Å². The Hall–Kier alpha value is -1.84. The molecule has 0 aliphatic carbocycles. The van der Waals surface area contributed by atoms with Crippen LogP contribution in [-0.2, 0) is 6.42 Å². The summed E-state index contributed by atoms with van der Waals surface area (Å²) in [4.78, 5) is 0. The van der Waals surface area contributed by atoms with Gasteiger partial charge in [-0.2, -0.15) is 5.10 Å². The van der Waals surface area contributed by atoms with Crippen molar-refractivity contribution in [2.75, 3.05) is 7.05 Å². The highest BCUT2D eigenvalue weighted by Gasteiger charge is 2.15. The van der Waals surface area contributed by atoms with Crippen LogP contribution >= 0.6 is 11.6 Å². The smallest absolute Gasteiger partial charge is 0.0709 e. The zero-order valence-corrected chi connectivity index (χ0v) is 12.0. The SMILES string of the molecule is CNC(Cc1cccc(Cl)c1)c1cnn2ccccc12. The molecule has 1 N–H and O–H groups in total. The van der Waals surface area contributed by atoms with Crippen molar-refractivity contribution in [3.05, 3.63) is 71.0 Å². The van der Waals surface area contributed by atoms with Crippen LogP contribution in [0.15, 0.2) is 54.9 Å². The molecule has 0 aliphatic heterocycles. The molecule has 2 aromatic heterocycles. The third-order valence-corrected chi connectivity index (χ3v) is 3.74. The van der Waals surface area contributed by atoms with Crippen molar-refractivity contribution in [1.29, 1.82) is 0 Å². The van der Waals surface area contributed by atoms with E-state index in [1.807, 2.05) is 54.3 Å². The Labute approximate surface area is 123 Å². The Balaban J connectivity index is 1.93. The zero-order valence-electron chi connectivity index (χ0n) is 11.3. The summed E-state index contributed by atoms with van der Waals surface area (Å²) in [5, 5.41) is 8.54. The molecule has 3 rings (SSSR count). The first-order valence-electron chi connectivity index (χ1n) is 6.62. The molecule has 1 atom stereocenters. The van der Waals surface area contributed by atoms with Crippen molar-refractivity contribution in [1.82, 2.24) is 14.9 Å². The number of rotatable bonds is 4. The van der Waals surface area contributed by atoms with Crippen LogP contribution < -0.4 is 5.32 Å². The second-order valence-corrected chi connectivity index (χ2v) is 5.24. The second-order valence-electron chi connectivity index (χ2n) is 4.81. The molecule has 0 aliphatic rings. The van der Waals surface area contributed by atoms with Gasteiger partial charge in [0.15, 0.2) is 0 Å². The number of fused-ring (bicyclic) bond motifs is 1. The fraction of sp³-hybridized carbons (Fsp3) is 0.188. The molecule has 0 saturated carbocycles. The van der Waals surface area contributed by atoms with E-state index in [0.717, 1.165) is 17.0 Å². The summed E-state index contributed by atoms with van der Waals surface area (Å²) in [6.07, 6.45) is 4.78. The van der Waals surface area contributed by atoms with Crippen molar-refractivity contribution in [3.8, 4) is 0 Å². The van der Waals surface area contributed by atoms with Crippen LogP contribution in [0.3, 0.4) is 0 Å². The van der Waals surface area contributed by atoms with Gasteiger partial charge in [0, 0.05) is 22.8 Å². The van der Waals surface area contributed by atoms with Gasteiger partial charge < -0.3 is 5.32 Å². The Kier molecular flexibility index (Phi) is 3.72. The Morgan fingerprint density at radius 3 is 2.95 bits per heavy atom. The summed E-state index contributed by atoms with van der Waals surface area (Å²) in [6, 6.07) is 14.3. The fourth-order valence-corrected chi connectivity index (χ4v) is 2.70. The van der Waals surface area contributed by atoms with Crippen LogP contribution in [0.1, 0.15) is 17.2 Å².